The minimum absolute atomic E-state index is 0.00295. The Hall–Kier alpha value is -9.85. The molecule has 0 aliphatic carbocycles. The fraction of sp³-hybridized carbons (Fsp3) is 0.207. The van der Waals surface area contributed by atoms with E-state index in [2.05, 4.69) is 45.0 Å². The van der Waals surface area contributed by atoms with Crippen molar-refractivity contribution >= 4 is 34.8 Å². The lowest BCUT2D eigenvalue weighted by molar-refractivity contribution is -0.131. The van der Waals surface area contributed by atoms with Gasteiger partial charge < -0.3 is 31.9 Å². The summed E-state index contributed by atoms with van der Waals surface area (Å²) in [6.45, 7) is 7.07. The zero-order valence-corrected chi connectivity index (χ0v) is 43.2. The number of pyridine rings is 6. The van der Waals surface area contributed by atoms with Gasteiger partial charge in [-0.2, -0.15) is 5.10 Å². The molecule has 0 unspecified atom stereocenters. The highest BCUT2D eigenvalue weighted by Crippen LogP contribution is 2.28. The molecule has 392 valence electrons. The van der Waals surface area contributed by atoms with Crippen LogP contribution < -0.4 is 17.2 Å². The zero-order valence-electron chi connectivity index (χ0n) is 43.2. The number of carbonyl (C=O) groups excluding carboxylic acids is 3. The summed E-state index contributed by atoms with van der Waals surface area (Å²) in [6, 6.07) is 26.4. The van der Waals surface area contributed by atoms with E-state index in [1.165, 1.54) is 12.1 Å². The molecule has 3 aliphatic rings. The maximum absolute atomic E-state index is 13.1. The van der Waals surface area contributed by atoms with Gasteiger partial charge in [-0.05, 0) is 116 Å². The van der Waals surface area contributed by atoms with Gasteiger partial charge in [-0.3, -0.25) is 49.0 Å². The lowest BCUT2D eigenvalue weighted by atomic mass is 10.1. The van der Waals surface area contributed by atoms with Gasteiger partial charge in [-0.1, -0.05) is 0 Å². The van der Waals surface area contributed by atoms with Crippen LogP contribution in [0.5, 0.6) is 0 Å². The Bertz CT molecular complexity index is 3670. The third kappa shape index (κ3) is 12.0. The minimum Gasteiger partial charge on any atom is -0.397 e. The number of fused-ring (bicyclic) bond motifs is 3. The topological polar surface area (TPSA) is 260 Å². The number of halogens is 1. The van der Waals surface area contributed by atoms with Crippen LogP contribution in [0.2, 0.25) is 0 Å². The second-order valence-corrected chi connectivity index (χ2v) is 19.2. The highest BCUT2D eigenvalue weighted by atomic mass is 19.1. The summed E-state index contributed by atoms with van der Waals surface area (Å²) < 4.78 is 14.9. The standard InChI is InChI=1S/C20H18FN5O.C20H19N5O.C18H18N6O/c1-12-23-9-14-10-26(11-19(14)24-12)20(27)8-18-16(22)6-7-17(25-18)13-2-4-15(21)5-3-13;1-13-7-15-11-25(12-16(15)10-23-13)20(26)8-19-17(21)4-5-18(24-19)14-3-2-6-22-9-14;1-23-9-13-10-24(11-17(13)22-23)18(25)7-16-14(19)4-5-15(21-16)12-3-2-6-20-8-12/h2-7,9H,8,10-11,22H2,1H3;2-7,9-10H,8,11-12,21H2,1H3;2-6,8-9H,7,10-11,19H2,1H3. The second kappa shape index (κ2) is 22.6. The number of amides is 3. The van der Waals surface area contributed by atoms with Crippen LogP contribution in [0.3, 0.4) is 0 Å². The van der Waals surface area contributed by atoms with E-state index in [1.807, 2.05) is 80.7 Å². The van der Waals surface area contributed by atoms with Gasteiger partial charge in [0, 0.05) is 110 Å². The lowest BCUT2D eigenvalue weighted by Crippen LogP contribution is -2.28. The van der Waals surface area contributed by atoms with E-state index in [4.69, 9.17) is 17.2 Å². The molecule has 0 saturated carbocycles. The maximum atomic E-state index is 13.1. The average Bonchev–Trinajstić information content (AvgIpc) is 4.25. The summed E-state index contributed by atoms with van der Waals surface area (Å²) in [7, 11) is 1.89. The van der Waals surface area contributed by atoms with Gasteiger partial charge in [0.15, 0.2) is 0 Å². The van der Waals surface area contributed by atoms with Crippen LogP contribution in [0.1, 0.15) is 62.2 Å². The van der Waals surface area contributed by atoms with E-state index >= 15 is 0 Å². The molecule has 20 heteroatoms. The first-order chi connectivity index (χ1) is 37.7. The molecule has 0 spiro atoms. The number of nitrogens with zero attached hydrogens (tertiary/aromatic N) is 13. The van der Waals surface area contributed by atoms with E-state index in [0.29, 0.717) is 84.9 Å². The van der Waals surface area contributed by atoms with E-state index < -0.39 is 0 Å². The Balaban J connectivity index is 0.000000132. The fourth-order valence-electron chi connectivity index (χ4n) is 9.33. The summed E-state index contributed by atoms with van der Waals surface area (Å²) in [4.78, 5) is 78.3. The van der Waals surface area contributed by atoms with Crippen molar-refractivity contribution in [2.45, 2.75) is 72.4 Å². The van der Waals surface area contributed by atoms with Crippen molar-refractivity contribution in [1.29, 1.82) is 0 Å². The third-order valence-corrected chi connectivity index (χ3v) is 13.5. The summed E-state index contributed by atoms with van der Waals surface area (Å²) in [5.74, 6) is 0.336. The number of hydrogen-bond acceptors (Lipinski definition) is 15. The van der Waals surface area contributed by atoms with Gasteiger partial charge in [0.05, 0.1) is 95.0 Å². The quantitative estimate of drug-likeness (QED) is 0.136. The molecule has 8 aromatic heterocycles. The Labute approximate surface area is 449 Å². The van der Waals surface area contributed by atoms with E-state index in [-0.39, 0.29) is 42.8 Å². The predicted octanol–water partition coefficient (Wildman–Crippen LogP) is 6.71. The summed E-state index contributed by atoms with van der Waals surface area (Å²) in [5.41, 5.74) is 33.2. The van der Waals surface area contributed by atoms with E-state index in [0.717, 1.165) is 67.4 Å². The van der Waals surface area contributed by atoms with Crippen LogP contribution in [0.15, 0.2) is 134 Å². The second-order valence-electron chi connectivity index (χ2n) is 19.2. The molecule has 12 rings (SSSR count). The highest BCUT2D eigenvalue weighted by Gasteiger charge is 2.29. The number of nitrogen functional groups attached to an aromatic ring is 3. The number of nitrogens with two attached hydrogens (primary N) is 3. The zero-order chi connectivity index (χ0) is 54.5. The van der Waals surface area contributed by atoms with Crippen LogP contribution in [-0.2, 0) is 80.0 Å². The average molecular weight is 1040 g/mol. The molecule has 1 aromatic carbocycles. The lowest BCUT2D eigenvalue weighted by Gasteiger charge is -2.16. The van der Waals surface area contributed by atoms with Gasteiger partial charge in [0.25, 0.3) is 0 Å². The normalized spacial score (nSPS) is 12.9. The van der Waals surface area contributed by atoms with Crippen molar-refractivity contribution < 1.29 is 18.8 Å². The van der Waals surface area contributed by atoms with Crippen molar-refractivity contribution in [3.8, 4) is 33.8 Å². The van der Waals surface area contributed by atoms with Crippen LogP contribution in [0.4, 0.5) is 21.5 Å². The monoisotopic (exact) mass is 1040 g/mol. The molecule has 11 heterocycles. The fourth-order valence-corrected chi connectivity index (χ4v) is 9.33. The van der Waals surface area contributed by atoms with Crippen LogP contribution in [0, 0.1) is 19.7 Å². The molecule has 0 radical (unpaired) electrons. The number of benzene rings is 1. The van der Waals surface area contributed by atoms with Crippen molar-refractivity contribution in [3.05, 3.63) is 202 Å². The molecular weight excluding hydrogens is 988 g/mol. The molecule has 3 aliphatic heterocycles. The van der Waals surface area contributed by atoms with Gasteiger partial charge in [-0.25, -0.2) is 14.4 Å². The number of rotatable bonds is 9. The highest BCUT2D eigenvalue weighted by molar-refractivity contribution is 5.82. The van der Waals surface area contributed by atoms with Gasteiger partial charge >= 0.3 is 0 Å². The van der Waals surface area contributed by atoms with Crippen molar-refractivity contribution in [2.24, 2.45) is 7.05 Å². The summed E-state index contributed by atoms with van der Waals surface area (Å²) in [5, 5.41) is 4.38. The largest absolute Gasteiger partial charge is 0.397 e. The van der Waals surface area contributed by atoms with Crippen LogP contribution in [0.25, 0.3) is 33.8 Å². The Morgan fingerprint density at radius 1 is 0.513 bits per heavy atom. The number of aromatic nitrogens is 10. The Kier molecular flexibility index (Phi) is 14.9. The van der Waals surface area contributed by atoms with E-state index in [9.17, 15) is 18.8 Å². The van der Waals surface area contributed by atoms with Gasteiger partial charge in [0.2, 0.25) is 17.7 Å². The summed E-state index contributed by atoms with van der Waals surface area (Å²) >= 11 is 0. The van der Waals surface area contributed by atoms with Gasteiger partial charge in [0.1, 0.15) is 11.6 Å². The number of hydrogen-bond donors (Lipinski definition) is 3. The number of anilines is 3. The SMILES string of the molecule is Cc1cc2c(cn1)CN(C(=O)Cc1nc(-c3cccnc3)ccc1N)C2.Cc1ncc2c(n1)CN(C(=O)Cc1nc(-c3ccc(F)cc3)ccc1N)C2.Cn1cc2c(n1)CN(C(=O)Cc1nc(-c3cccnc3)ccc1N)C2. The minimum atomic E-state index is -0.309. The molecule has 0 fully saturated rings. The van der Waals surface area contributed by atoms with Crippen LogP contribution in [-0.4, -0.2) is 82.1 Å². The first kappa shape index (κ1) is 51.6. The maximum Gasteiger partial charge on any atom is 0.229 e. The van der Waals surface area contributed by atoms with Gasteiger partial charge in [-0.15, -0.1) is 0 Å². The molecule has 0 atom stereocenters. The molecule has 0 bridgehead atoms. The third-order valence-electron chi connectivity index (χ3n) is 13.5. The molecular formula is C58H55FN16O3. The molecule has 78 heavy (non-hydrogen) atoms. The summed E-state index contributed by atoms with van der Waals surface area (Å²) in [6.07, 6.45) is 13.0. The molecule has 9 aromatic rings. The van der Waals surface area contributed by atoms with Crippen molar-refractivity contribution in [2.75, 3.05) is 17.2 Å². The van der Waals surface area contributed by atoms with Crippen molar-refractivity contribution in [3.63, 3.8) is 0 Å². The number of carbonyl (C=O) groups is 3. The van der Waals surface area contributed by atoms with Crippen LogP contribution >= 0.6 is 0 Å². The Morgan fingerprint density at radius 3 is 1.51 bits per heavy atom. The predicted molar refractivity (Wildman–Crippen MR) is 291 cm³/mol. The first-order valence-corrected chi connectivity index (χ1v) is 25.1. The molecule has 6 N–H and O–H groups in total. The molecule has 19 nitrogen and oxygen atoms in total. The molecule has 0 saturated heterocycles. The van der Waals surface area contributed by atoms with Crippen molar-refractivity contribution in [1.82, 2.24) is 64.4 Å². The molecule has 3 amide bonds. The number of aryl methyl sites for hydroxylation is 3. The Morgan fingerprint density at radius 2 is 0.987 bits per heavy atom. The smallest absolute Gasteiger partial charge is 0.229 e. The van der Waals surface area contributed by atoms with E-state index in [1.54, 1.807) is 81.9 Å². The first-order valence-electron chi connectivity index (χ1n) is 25.1.